The van der Waals surface area contributed by atoms with Crippen molar-refractivity contribution in [1.82, 2.24) is 0 Å². The van der Waals surface area contributed by atoms with E-state index >= 15 is 0 Å². The van der Waals surface area contributed by atoms with Crippen molar-refractivity contribution >= 4 is 18.4 Å². The van der Waals surface area contributed by atoms with Crippen LogP contribution < -0.4 is 0 Å². The van der Waals surface area contributed by atoms with Crippen molar-refractivity contribution in [2.45, 2.75) is 58.3 Å². The van der Waals surface area contributed by atoms with Gasteiger partial charge in [-0.3, -0.25) is 4.79 Å². The Bertz CT molecular complexity index is 369. The van der Waals surface area contributed by atoms with Crippen molar-refractivity contribution in [2.75, 3.05) is 0 Å². The molecule has 0 aliphatic heterocycles. The van der Waals surface area contributed by atoms with E-state index in [9.17, 15) is 14.4 Å². The number of ether oxygens (including phenoxy) is 3. The summed E-state index contributed by atoms with van der Waals surface area (Å²) in [5.74, 6) is -2.11. The fraction of sp³-hybridized carbons (Fsp3) is 0.643. The number of rotatable bonds is 5. The maximum atomic E-state index is 12.2. The van der Waals surface area contributed by atoms with Crippen LogP contribution in [0.4, 0.5) is 0 Å². The Morgan fingerprint density at radius 3 is 1.45 bits per heavy atom. The zero-order valence-corrected chi connectivity index (χ0v) is 12.8. The lowest BCUT2D eigenvalue weighted by Crippen LogP contribution is -2.52. The lowest BCUT2D eigenvalue weighted by atomic mass is 10.0. The fourth-order valence-corrected chi connectivity index (χ4v) is 1.18. The molecule has 0 rings (SSSR count). The summed E-state index contributed by atoms with van der Waals surface area (Å²) >= 11 is 0. The van der Waals surface area contributed by atoms with Gasteiger partial charge in [0.25, 0.3) is 6.47 Å². The maximum Gasteiger partial charge on any atom is 0.367 e. The first kappa shape index (κ1) is 18.1. The van der Waals surface area contributed by atoms with Crippen molar-refractivity contribution in [2.24, 2.45) is 0 Å². The van der Waals surface area contributed by atoms with E-state index < -0.39 is 28.7 Å². The third kappa shape index (κ3) is 5.03. The molecule has 0 amide bonds. The monoisotopic (exact) mass is 286 g/mol. The highest BCUT2D eigenvalue weighted by atomic mass is 16.6. The number of hydrogen-bond donors (Lipinski definition) is 0. The van der Waals surface area contributed by atoms with Gasteiger partial charge in [-0.15, -0.1) is 0 Å². The molecule has 0 aromatic heterocycles. The molecule has 6 heteroatoms. The zero-order valence-electron chi connectivity index (χ0n) is 12.8. The third-order valence-electron chi connectivity index (χ3n) is 1.93. The summed E-state index contributed by atoms with van der Waals surface area (Å²) in [7, 11) is 0. The minimum Gasteiger partial charge on any atom is -0.456 e. The third-order valence-corrected chi connectivity index (χ3v) is 1.93. The number of hydrogen-bond acceptors (Lipinski definition) is 6. The first-order valence-electron chi connectivity index (χ1n) is 6.10. The number of esters is 2. The standard InChI is InChI=1S/C14H22O6/c1-8-14(18-9-15,10(16)19-12(2,3)4)11(17)20-13(5,6)7/h8-9H,1H2,2-7H3. The SMILES string of the molecule is C=CC(OC=O)(C(=O)OC(C)(C)C)C(=O)OC(C)(C)C. The summed E-state index contributed by atoms with van der Waals surface area (Å²) in [6, 6.07) is 0. The summed E-state index contributed by atoms with van der Waals surface area (Å²) in [6.07, 6.45) is 0.892. The van der Waals surface area contributed by atoms with Gasteiger partial charge in [0.2, 0.25) is 0 Å². The van der Waals surface area contributed by atoms with Gasteiger partial charge >= 0.3 is 17.5 Å². The first-order valence-corrected chi connectivity index (χ1v) is 6.10. The van der Waals surface area contributed by atoms with Crippen molar-refractivity contribution in [3.63, 3.8) is 0 Å². The molecule has 20 heavy (non-hydrogen) atoms. The van der Waals surface area contributed by atoms with Gasteiger partial charge in [-0.1, -0.05) is 6.58 Å². The van der Waals surface area contributed by atoms with Crippen LogP contribution in [-0.4, -0.2) is 35.2 Å². The molecule has 0 radical (unpaired) electrons. The number of carbonyl (C=O) groups is 3. The predicted molar refractivity (Wildman–Crippen MR) is 71.8 cm³/mol. The van der Waals surface area contributed by atoms with E-state index in [-0.39, 0.29) is 6.47 Å². The minimum atomic E-state index is -2.30. The van der Waals surface area contributed by atoms with Crippen molar-refractivity contribution < 1.29 is 28.6 Å². The van der Waals surface area contributed by atoms with Gasteiger partial charge in [-0.25, -0.2) is 9.59 Å². The molecule has 0 spiro atoms. The molecule has 0 unspecified atom stereocenters. The van der Waals surface area contributed by atoms with E-state index in [4.69, 9.17) is 9.47 Å². The molecule has 0 heterocycles. The van der Waals surface area contributed by atoms with E-state index in [1.807, 2.05) is 0 Å². The molecule has 0 fully saturated rings. The fourth-order valence-electron chi connectivity index (χ4n) is 1.18. The second kappa shape index (κ2) is 6.07. The van der Waals surface area contributed by atoms with E-state index in [0.717, 1.165) is 6.08 Å². The van der Waals surface area contributed by atoms with Crippen LogP contribution in [0.2, 0.25) is 0 Å². The predicted octanol–water partition coefficient (Wildman–Crippen LogP) is 1.77. The first-order chi connectivity index (χ1) is 8.88. The molecular weight excluding hydrogens is 264 g/mol. The Labute approximate surface area is 119 Å². The summed E-state index contributed by atoms with van der Waals surface area (Å²) in [5.41, 5.74) is -4.03. The van der Waals surface area contributed by atoms with Crippen LogP contribution in [0.25, 0.3) is 0 Å². The lowest BCUT2D eigenvalue weighted by molar-refractivity contribution is -0.196. The van der Waals surface area contributed by atoms with Gasteiger partial charge in [-0.05, 0) is 47.6 Å². The highest BCUT2D eigenvalue weighted by molar-refractivity contribution is 6.07. The van der Waals surface area contributed by atoms with Crippen LogP contribution in [0.3, 0.4) is 0 Å². The van der Waals surface area contributed by atoms with E-state index in [1.165, 1.54) is 0 Å². The van der Waals surface area contributed by atoms with Gasteiger partial charge in [0, 0.05) is 0 Å². The highest BCUT2D eigenvalue weighted by Gasteiger charge is 2.51. The van der Waals surface area contributed by atoms with Crippen LogP contribution >= 0.6 is 0 Å². The molecule has 0 aliphatic carbocycles. The Hall–Kier alpha value is -1.85. The molecular formula is C14H22O6. The Morgan fingerprint density at radius 1 is 0.900 bits per heavy atom. The van der Waals surface area contributed by atoms with Crippen molar-refractivity contribution in [3.8, 4) is 0 Å². The van der Waals surface area contributed by atoms with Crippen molar-refractivity contribution in [1.29, 1.82) is 0 Å². The van der Waals surface area contributed by atoms with Gasteiger partial charge in [0.15, 0.2) is 0 Å². The minimum absolute atomic E-state index is 0.0183. The normalized spacial score (nSPS) is 12.3. The molecule has 0 bridgehead atoms. The molecule has 114 valence electrons. The van der Waals surface area contributed by atoms with Crippen LogP contribution in [-0.2, 0) is 28.6 Å². The quantitative estimate of drug-likeness (QED) is 0.252. The van der Waals surface area contributed by atoms with E-state index in [0.29, 0.717) is 0 Å². The van der Waals surface area contributed by atoms with Gasteiger partial charge < -0.3 is 14.2 Å². The molecule has 0 aromatic carbocycles. The van der Waals surface area contributed by atoms with E-state index in [2.05, 4.69) is 11.3 Å². The highest BCUT2D eigenvalue weighted by Crippen LogP contribution is 2.23. The topological polar surface area (TPSA) is 78.9 Å². The summed E-state index contributed by atoms with van der Waals surface area (Å²) in [4.78, 5) is 34.9. The smallest absolute Gasteiger partial charge is 0.367 e. The largest absolute Gasteiger partial charge is 0.456 e. The molecule has 0 atom stereocenters. The number of carbonyl (C=O) groups excluding carboxylic acids is 3. The van der Waals surface area contributed by atoms with Gasteiger partial charge in [-0.2, -0.15) is 0 Å². The summed E-state index contributed by atoms with van der Waals surface area (Å²) < 4.78 is 14.8. The van der Waals surface area contributed by atoms with E-state index in [1.54, 1.807) is 41.5 Å². The van der Waals surface area contributed by atoms with Crippen LogP contribution in [0, 0.1) is 0 Å². The lowest BCUT2D eigenvalue weighted by Gasteiger charge is -2.31. The summed E-state index contributed by atoms with van der Waals surface area (Å²) in [6.45, 7) is 13.1. The molecule has 0 N–H and O–H groups in total. The average Bonchev–Trinajstić information content (AvgIpc) is 2.20. The zero-order chi connectivity index (χ0) is 16.2. The van der Waals surface area contributed by atoms with Crippen LogP contribution in [0.15, 0.2) is 12.7 Å². The molecule has 6 nitrogen and oxygen atoms in total. The average molecular weight is 286 g/mol. The second-order valence-corrected chi connectivity index (χ2v) is 6.16. The summed E-state index contributed by atoms with van der Waals surface area (Å²) in [5, 5.41) is 0. The van der Waals surface area contributed by atoms with Crippen LogP contribution in [0.5, 0.6) is 0 Å². The molecule has 0 saturated carbocycles. The molecule has 0 saturated heterocycles. The Kier molecular flexibility index (Phi) is 5.51. The maximum absolute atomic E-state index is 12.2. The Balaban J connectivity index is 5.50. The van der Waals surface area contributed by atoms with Crippen LogP contribution in [0.1, 0.15) is 41.5 Å². The molecule has 0 aliphatic rings. The van der Waals surface area contributed by atoms with Crippen molar-refractivity contribution in [3.05, 3.63) is 12.7 Å². The van der Waals surface area contributed by atoms with Gasteiger partial charge in [0.05, 0.1) is 0 Å². The molecule has 0 aromatic rings. The van der Waals surface area contributed by atoms with Gasteiger partial charge in [0.1, 0.15) is 11.2 Å². The Morgan fingerprint density at radius 2 is 1.25 bits per heavy atom. The second-order valence-electron chi connectivity index (χ2n) is 6.16.